The van der Waals surface area contributed by atoms with Gasteiger partial charge in [-0.3, -0.25) is 19.3 Å². The third-order valence-corrected chi connectivity index (χ3v) is 5.76. The molecule has 0 bridgehead atoms. The van der Waals surface area contributed by atoms with E-state index < -0.39 is 11.9 Å². The van der Waals surface area contributed by atoms with Crippen molar-refractivity contribution in [3.8, 4) is 17.0 Å². The average Bonchev–Trinajstić information content (AvgIpc) is 3.18. The fourth-order valence-electron chi connectivity index (χ4n) is 3.56. The minimum atomic E-state index is -1.15. The summed E-state index contributed by atoms with van der Waals surface area (Å²) in [6, 6.07) is 14.3. The number of rotatable bonds is 6. The predicted octanol–water partition coefficient (Wildman–Crippen LogP) is 3.67. The molecule has 0 N–H and O–H groups in total. The zero-order chi connectivity index (χ0) is 21.3. The third-order valence-electron chi connectivity index (χ3n) is 4.91. The number of hydrogen-bond donors (Lipinski definition) is 0. The highest BCUT2D eigenvalue weighted by molar-refractivity contribution is 7.10. The number of ketones is 2. The number of anilines is 1. The number of nitrogens with zero attached hydrogens (tertiary/aromatic N) is 2. The lowest BCUT2D eigenvalue weighted by molar-refractivity contribution is -0.131. The fourth-order valence-corrected chi connectivity index (χ4v) is 4.40. The number of ether oxygens (including phenoxy) is 1. The van der Waals surface area contributed by atoms with Crippen LogP contribution >= 0.6 is 11.3 Å². The molecule has 0 fully saturated rings. The molecular weight excluding hydrogens is 400 g/mol. The lowest BCUT2D eigenvalue weighted by Gasteiger charge is -2.33. The van der Waals surface area contributed by atoms with Gasteiger partial charge in [-0.15, -0.1) is 11.3 Å². The molecule has 1 aliphatic heterocycles. The van der Waals surface area contributed by atoms with Crippen molar-refractivity contribution < 1.29 is 19.1 Å². The normalized spacial score (nSPS) is 13.2. The molecule has 0 saturated carbocycles. The lowest BCUT2D eigenvalue weighted by atomic mass is 10.0. The molecule has 1 aromatic heterocycles. The number of hydrogen-bond acceptors (Lipinski definition) is 6. The van der Waals surface area contributed by atoms with Gasteiger partial charge in [0.2, 0.25) is 0 Å². The largest absolute Gasteiger partial charge is 0.482 e. The average molecular weight is 420 g/mol. The summed E-state index contributed by atoms with van der Waals surface area (Å²) in [5, 5.41) is 2.94. The summed E-state index contributed by atoms with van der Waals surface area (Å²) in [6.45, 7) is 2.42. The van der Waals surface area contributed by atoms with E-state index in [9.17, 15) is 14.4 Å². The first-order valence-electron chi connectivity index (χ1n) is 9.52. The van der Waals surface area contributed by atoms with Gasteiger partial charge in [0.15, 0.2) is 24.2 Å². The van der Waals surface area contributed by atoms with Crippen molar-refractivity contribution in [3.05, 3.63) is 64.5 Å². The molecule has 0 spiro atoms. The highest BCUT2D eigenvalue weighted by Gasteiger charge is 2.37. The molecule has 1 amide bonds. The Morgan fingerprint density at radius 1 is 1.13 bits per heavy atom. The van der Waals surface area contributed by atoms with E-state index in [1.807, 2.05) is 29.6 Å². The molecule has 4 rings (SSSR count). The van der Waals surface area contributed by atoms with Crippen LogP contribution < -0.4 is 9.64 Å². The van der Waals surface area contributed by atoms with Gasteiger partial charge in [0.05, 0.1) is 16.4 Å². The van der Waals surface area contributed by atoms with E-state index >= 15 is 0 Å². The molecule has 2 heterocycles. The van der Waals surface area contributed by atoms with Gasteiger partial charge in [0, 0.05) is 17.4 Å². The van der Waals surface area contributed by atoms with E-state index in [0.717, 1.165) is 22.7 Å². The Hall–Kier alpha value is -3.32. The summed E-state index contributed by atoms with van der Waals surface area (Å²) in [5.74, 6) is -0.718. The van der Waals surface area contributed by atoms with E-state index in [0.29, 0.717) is 11.4 Å². The first kappa shape index (κ1) is 20.0. The van der Waals surface area contributed by atoms with Crippen LogP contribution in [0.2, 0.25) is 0 Å². The van der Waals surface area contributed by atoms with Crippen LogP contribution in [0.25, 0.3) is 11.3 Å². The number of benzene rings is 2. The molecule has 0 radical (unpaired) electrons. The summed E-state index contributed by atoms with van der Waals surface area (Å²) >= 11 is 1.56. The molecule has 0 atom stereocenters. The van der Waals surface area contributed by atoms with Crippen LogP contribution in [0.5, 0.6) is 5.75 Å². The topological polar surface area (TPSA) is 76.6 Å². The Labute approximate surface area is 178 Å². The van der Waals surface area contributed by atoms with Gasteiger partial charge < -0.3 is 4.74 Å². The summed E-state index contributed by atoms with van der Waals surface area (Å²) in [7, 11) is 0. The van der Waals surface area contributed by atoms with Gasteiger partial charge in [0.1, 0.15) is 5.75 Å². The fraction of sp³-hybridized carbons (Fsp3) is 0.217. The Morgan fingerprint density at radius 3 is 2.57 bits per heavy atom. The molecule has 0 saturated heterocycles. The second kappa shape index (κ2) is 8.20. The molecule has 2 aromatic carbocycles. The SMILES string of the molecule is CC(=O)C(C(C)=O)N1C(=O)COc2ccc(-c3csc(Cc4ccccc4)n3)cc21. The second-order valence-electron chi connectivity index (χ2n) is 7.15. The summed E-state index contributed by atoms with van der Waals surface area (Å²) < 4.78 is 5.52. The van der Waals surface area contributed by atoms with Gasteiger partial charge >= 0.3 is 0 Å². The van der Waals surface area contributed by atoms with Crippen molar-refractivity contribution in [2.45, 2.75) is 26.3 Å². The number of carbonyl (C=O) groups excluding carboxylic acids is 3. The van der Waals surface area contributed by atoms with Crippen LogP contribution in [0.3, 0.4) is 0 Å². The van der Waals surface area contributed by atoms with Crippen molar-refractivity contribution in [2.24, 2.45) is 0 Å². The van der Waals surface area contributed by atoms with Gasteiger partial charge in [0.25, 0.3) is 5.91 Å². The maximum absolute atomic E-state index is 12.5. The molecule has 6 nitrogen and oxygen atoms in total. The zero-order valence-electron chi connectivity index (χ0n) is 16.6. The minimum Gasteiger partial charge on any atom is -0.482 e. The van der Waals surface area contributed by atoms with Crippen LogP contribution in [-0.2, 0) is 20.8 Å². The smallest absolute Gasteiger partial charge is 0.266 e. The number of aromatic nitrogens is 1. The first-order chi connectivity index (χ1) is 14.4. The second-order valence-corrected chi connectivity index (χ2v) is 8.09. The number of amides is 1. The summed E-state index contributed by atoms with van der Waals surface area (Å²) in [6.07, 6.45) is 0.737. The van der Waals surface area contributed by atoms with E-state index in [1.165, 1.54) is 24.3 Å². The van der Waals surface area contributed by atoms with Crippen LogP contribution in [-0.4, -0.2) is 35.1 Å². The first-order valence-corrected chi connectivity index (χ1v) is 10.4. The molecular formula is C23H20N2O4S. The van der Waals surface area contributed by atoms with Crippen molar-refractivity contribution in [3.63, 3.8) is 0 Å². The number of thiazole rings is 1. The number of fused-ring (bicyclic) bond motifs is 1. The van der Waals surface area contributed by atoms with Gasteiger partial charge in [-0.05, 0) is 37.6 Å². The predicted molar refractivity (Wildman–Crippen MR) is 115 cm³/mol. The highest BCUT2D eigenvalue weighted by atomic mass is 32.1. The van der Waals surface area contributed by atoms with Gasteiger partial charge in [-0.1, -0.05) is 30.3 Å². The molecule has 30 heavy (non-hydrogen) atoms. The third kappa shape index (κ3) is 3.89. The Kier molecular flexibility index (Phi) is 5.46. The van der Waals surface area contributed by atoms with Crippen molar-refractivity contribution in [2.75, 3.05) is 11.5 Å². The molecule has 7 heteroatoms. The molecule has 152 valence electrons. The standard InChI is InChI=1S/C23H20N2O4S/c1-14(26)23(15(2)27)25-19-11-17(8-9-20(19)29-12-22(25)28)18-13-30-21(24-18)10-16-6-4-3-5-7-16/h3-9,11,13,23H,10,12H2,1-2H3. The minimum absolute atomic E-state index is 0.207. The Bertz CT molecular complexity index is 1110. The Morgan fingerprint density at radius 2 is 1.87 bits per heavy atom. The maximum atomic E-state index is 12.5. The summed E-state index contributed by atoms with van der Waals surface area (Å²) in [4.78, 5) is 42.7. The Balaban J connectivity index is 1.69. The molecule has 3 aromatic rings. The van der Waals surface area contributed by atoms with E-state index in [-0.39, 0.29) is 18.2 Å². The van der Waals surface area contributed by atoms with Crippen LogP contribution in [0.15, 0.2) is 53.9 Å². The van der Waals surface area contributed by atoms with Gasteiger partial charge in [-0.2, -0.15) is 0 Å². The molecule has 0 aliphatic carbocycles. The summed E-state index contributed by atoms with van der Waals surface area (Å²) in [5.41, 5.74) is 3.16. The maximum Gasteiger partial charge on any atom is 0.266 e. The lowest BCUT2D eigenvalue weighted by Crippen LogP contribution is -2.52. The quantitative estimate of drug-likeness (QED) is 0.569. The number of carbonyl (C=O) groups is 3. The molecule has 0 unspecified atom stereocenters. The molecule has 1 aliphatic rings. The van der Waals surface area contributed by atoms with Crippen LogP contribution in [0.1, 0.15) is 24.4 Å². The van der Waals surface area contributed by atoms with Crippen molar-refractivity contribution >= 4 is 34.5 Å². The van der Waals surface area contributed by atoms with Crippen molar-refractivity contribution in [1.29, 1.82) is 0 Å². The zero-order valence-corrected chi connectivity index (χ0v) is 17.4. The van der Waals surface area contributed by atoms with Gasteiger partial charge in [-0.25, -0.2) is 4.98 Å². The number of Topliss-reactive ketones (excluding diaryl/α,β-unsaturated/α-hetero) is 2. The van der Waals surface area contributed by atoms with Crippen LogP contribution in [0.4, 0.5) is 5.69 Å². The van der Waals surface area contributed by atoms with Crippen LogP contribution in [0, 0.1) is 0 Å². The van der Waals surface area contributed by atoms with Crippen molar-refractivity contribution in [1.82, 2.24) is 4.98 Å². The van der Waals surface area contributed by atoms with E-state index in [4.69, 9.17) is 9.72 Å². The van der Waals surface area contributed by atoms with E-state index in [1.54, 1.807) is 23.5 Å². The highest BCUT2D eigenvalue weighted by Crippen LogP contribution is 2.37. The van der Waals surface area contributed by atoms with E-state index in [2.05, 4.69) is 12.1 Å². The monoisotopic (exact) mass is 420 g/mol.